The van der Waals surface area contributed by atoms with Gasteiger partial charge in [-0.3, -0.25) is 0 Å². The Kier molecular flexibility index (Phi) is 4.26. The van der Waals surface area contributed by atoms with Crippen molar-refractivity contribution in [2.45, 2.75) is 19.3 Å². The molecule has 0 radical (unpaired) electrons. The van der Waals surface area contributed by atoms with Gasteiger partial charge in [-0.1, -0.05) is 35.0 Å². The Balaban J connectivity index is 2.29. The number of phenols is 1. The minimum atomic E-state index is 0.0373. The van der Waals surface area contributed by atoms with E-state index in [1.54, 1.807) is 18.2 Å². The van der Waals surface area contributed by atoms with Crippen molar-refractivity contribution in [1.82, 2.24) is 0 Å². The second kappa shape index (κ2) is 6.34. The molecule has 0 aliphatic heterocycles. The van der Waals surface area contributed by atoms with Crippen molar-refractivity contribution in [3.63, 3.8) is 0 Å². The van der Waals surface area contributed by atoms with Gasteiger partial charge in [0, 0.05) is 10.6 Å². The fourth-order valence-corrected chi connectivity index (χ4v) is 3.19. The highest BCUT2D eigenvalue weighted by Crippen LogP contribution is 2.39. The Morgan fingerprint density at radius 2 is 1.91 bits per heavy atom. The van der Waals surface area contributed by atoms with Crippen LogP contribution in [0.4, 0.5) is 0 Å². The number of benzene rings is 2. The van der Waals surface area contributed by atoms with E-state index in [4.69, 9.17) is 22.5 Å². The number of phenolic OH excluding ortho intramolecular Hbond substituents is 1. The van der Waals surface area contributed by atoms with Crippen LogP contribution in [0.5, 0.6) is 5.75 Å². The van der Waals surface area contributed by atoms with E-state index in [0.717, 1.165) is 36.0 Å². The van der Waals surface area contributed by atoms with Crippen LogP contribution in [-0.2, 0) is 0 Å². The molecule has 118 valence electrons. The molecule has 0 aromatic heterocycles. The van der Waals surface area contributed by atoms with Crippen molar-refractivity contribution >= 4 is 23.0 Å². The van der Waals surface area contributed by atoms with E-state index >= 15 is 0 Å². The Hall–Kier alpha value is -2.46. The highest BCUT2D eigenvalue weighted by Gasteiger charge is 2.20. The highest BCUT2D eigenvalue weighted by atomic mass is 35.5. The lowest BCUT2D eigenvalue weighted by Gasteiger charge is -2.17. The molecule has 0 fully saturated rings. The van der Waals surface area contributed by atoms with Gasteiger partial charge in [0.1, 0.15) is 5.75 Å². The molecule has 2 aromatic carbocycles. The van der Waals surface area contributed by atoms with Crippen LogP contribution < -0.4 is 5.73 Å². The summed E-state index contributed by atoms with van der Waals surface area (Å²) in [6, 6.07) is 10.5. The maximum atomic E-state index is 9.51. The highest BCUT2D eigenvalue weighted by molar-refractivity contribution is 6.31. The Morgan fingerprint density at radius 1 is 1.17 bits per heavy atom. The van der Waals surface area contributed by atoms with E-state index in [2.05, 4.69) is 11.2 Å². The van der Waals surface area contributed by atoms with Gasteiger partial charge in [0.05, 0.1) is 0 Å². The predicted molar refractivity (Wildman–Crippen MR) is 92.9 cm³/mol. The van der Waals surface area contributed by atoms with Crippen LogP contribution >= 0.6 is 11.6 Å². The third-order valence-electron chi connectivity index (χ3n) is 4.03. The number of nitrogens with two attached hydrogens (primary N) is 1. The van der Waals surface area contributed by atoms with E-state index in [9.17, 15) is 5.11 Å². The van der Waals surface area contributed by atoms with Crippen LogP contribution in [0.2, 0.25) is 5.02 Å². The summed E-state index contributed by atoms with van der Waals surface area (Å²) >= 11 is 6.25. The number of hydrogen-bond acceptors (Lipinski definition) is 3. The van der Waals surface area contributed by atoms with Crippen LogP contribution in [0.15, 0.2) is 47.6 Å². The zero-order chi connectivity index (χ0) is 16.4. The van der Waals surface area contributed by atoms with Crippen molar-refractivity contribution in [2.24, 2.45) is 10.9 Å². The summed E-state index contributed by atoms with van der Waals surface area (Å²) in [6.45, 7) is 0. The largest absolute Gasteiger partial charge is 0.508 e. The van der Waals surface area contributed by atoms with Gasteiger partial charge in [-0.05, 0) is 65.8 Å². The normalized spacial score (nSPS) is 14.8. The van der Waals surface area contributed by atoms with Crippen molar-refractivity contribution < 1.29 is 10.3 Å². The number of nitrogens with zero attached hydrogens (tertiary/aromatic N) is 1. The standard InChI is InChI=1S/C18H17ClN2O2/c19-13-9-15(11-5-7-14(22)8-6-11)17(12-3-1-2-4-12)16(10-13)18(20)21-23/h3,5-10,22-23H,1-2,4H2,(H2,20,21). The number of halogens is 1. The second-order valence-electron chi connectivity index (χ2n) is 5.53. The maximum absolute atomic E-state index is 9.51. The summed E-state index contributed by atoms with van der Waals surface area (Å²) in [5.41, 5.74) is 10.4. The monoisotopic (exact) mass is 328 g/mol. The van der Waals surface area contributed by atoms with Gasteiger partial charge in [0.2, 0.25) is 0 Å². The lowest BCUT2D eigenvalue weighted by atomic mass is 9.89. The fourth-order valence-electron chi connectivity index (χ4n) is 2.98. The summed E-state index contributed by atoms with van der Waals surface area (Å²) < 4.78 is 0. The van der Waals surface area contributed by atoms with Crippen LogP contribution in [0.3, 0.4) is 0 Å². The smallest absolute Gasteiger partial charge is 0.170 e. The van der Waals surface area contributed by atoms with E-state index in [1.807, 2.05) is 18.2 Å². The molecule has 0 saturated carbocycles. The van der Waals surface area contributed by atoms with Crippen molar-refractivity contribution in [2.75, 3.05) is 0 Å². The molecule has 0 bridgehead atoms. The quantitative estimate of drug-likeness (QED) is 0.339. The summed E-state index contributed by atoms with van der Waals surface area (Å²) in [6.07, 6.45) is 5.23. The van der Waals surface area contributed by atoms with Crippen LogP contribution in [-0.4, -0.2) is 16.1 Å². The first-order chi connectivity index (χ1) is 11.1. The molecule has 4 nitrogen and oxygen atoms in total. The second-order valence-corrected chi connectivity index (χ2v) is 5.97. The number of rotatable bonds is 3. The molecule has 0 saturated heterocycles. The maximum Gasteiger partial charge on any atom is 0.170 e. The molecule has 4 N–H and O–H groups in total. The number of aromatic hydroxyl groups is 1. The van der Waals surface area contributed by atoms with Gasteiger partial charge in [0.25, 0.3) is 0 Å². The van der Waals surface area contributed by atoms with Crippen molar-refractivity contribution in [1.29, 1.82) is 0 Å². The van der Waals surface area contributed by atoms with Crippen molar-refractivity contribution in [3.8, 4) is 16.9 Å². The Bertz CT molecular complexity index is 795. The number of hydrogen-bond donors (Lipinski definition) is 3. The lowest BCUT2D eigenvalue weighted by molar-refractivity contribution is 0.318. The average molecular weight is 329 g/mol. The number of oxime groups is 1. The van der Waals surface area contributed by atoms with Crippen LogP contribution in [0.25, 0.3) is 16.7 Å². The van der Waals surface area contributed by atoms with Crippen LogP contribution in [0, 0.1) is 0 Å². The van der Waals surface area contributed by atoms with Gasteiger partial charge in [-0.15, -0.1) is 0 Å². The topological polar surface area (TPSA) is 78.8 Å². The molecule has 3 rings (SSSR count). The van der Waals surface area contributed by atoms with Crippen LogP contribution in [0.1, 0.15) is 30.4 Å². The van der Waals surface area contributed by atoms with Gasteiger partial charge in [0.15, 0.2) is 5.84 Å². The minimum absolute atomic E-state index is 0.0373. The Morgan fingerprint density at radius 3 is 2.52 bits per heavy atom. The lowest BCUT2D eigenvalue weighted by Crippen LogP contribution is -2.16. The van der Waals surface area contributed by atoms with Crippen molar-refractivity contribution in [3.05, 3.63) is 58.6 Å². The number of amidine groups is 1. The zero-order valence-corrected chi connectivity index (χ0v) is 13.2. The zero-order valence-electron chi connectivity index (χ0n) is 12.5. The molecule has 23 heavy (non-hydrogen) atoms. The first kappa shape index (κ1) is 15.4. The summed E-state index contributed by atoms with van der Waals surface area (Å²) in [7, 11) is 0. The van der Waals surface area contributed by atoms with E-state index in [1.165, 1.54) is 5.57 Å². The molecule has 0 amide bonds. The molecule has 1 aliphatic rings. The Labute approximate surface area is 139 Å². The fraction of sp³-hybridized carbons (Fsp3) is 0.167. The molecule has 1 aliphatic carbocycles. The number of allylic oxidation sites excluding steroid dienone is 2. The molecule has 0 heterocycles. The SMILES string of the molecule is N/C(=N\O)c1cc(Cl)cc(-c2ccc(O)cc2)c1C1=CCCC1. The summed E-state index contributed by atoms with van der Waals surface area (Å²) in [5, 5.41) is 22.3. The summed E-state index contributed by atoms with van der Waals surface area (Å²) in [5.74, 6) is 0.240. The van der Waals surface area contributed by atoms with Gasteiger partial charge >= 0.3 is 0 Å². The first-order valence-electron chi connectivity index (χ1n) is 7.40. The molecule has 0 unspecified atom stereocenters. The molecular weight excluding hydrogens is 312 g/mol. The minimum Gasteiger partial charge on any atom is -0.508 e. The van der Waals surface area contributed by atoms with Gasteiger partial charge < -0.3 is 16.0 Å². The van der Waals surface area contributed by atoms with E-state index in [-0.39, 0.29) is 11.6 Å². The molecule has 5 heteroatoms. The van der Waals surface area contributed by atoms with Gasteiger partial charge in [-0.2, -0.15) is 0 Å². The molecule has 0 spiro atoms. The van der Waals surface area contributed by atoms with E-state index < -0.39 is 0 Å². The molecule has 0 atom stereocenters. The molecule has 2 aromatic rings. The summed E-state index contributed by atoms with van der Waals surface area (Å²) in [4.78, 5) is 0. The van der Waals surface area contributed by atoms with E-state index in [0.29, 0.717) is 10.6 Å². The average Bonchev–Trinajstić information content (AvgIpc) is 3.08. The first-order valence-corrected chi connectivity index (χ1v) is 7.78. The third-order valence-corrected chi connectivity index (χ3v) is 4.25. The van der Waals surface area contributed by atoms with Gasteiger partial charge in [-0.25, -0.2) is 0 Å². The third kappa shape index (κ3) is 3.03. The predicted octanol–water partition coefficient (Wildman–Crippen LogP) is 4.37. The molecular formula is C18H17ClN2O2.